The van der Waals surface area contributed by atoms with Gasteiger partial charge in [-0.3, -0.25) is 4.79 Å². The Morgan fingerprint density at radius 1 is 1.13 bits per heavy atom. The van der Waals surface area contributed by atoms with Crippen LogP contribution in [0.25, 0.3) is 0 Å². The van der Waals surface area contributed by atoms with Crippen molar-refractivity contribution in [3.8, 4) is 17.2 Å². The minimum absolute atomic E-state index is 0.00225. The molecule has 0 radical (unpaired) electrons. The number of phenolic OH excluding ortho intramolecular Hbond substituents is 3. The minimum Gasteiger partial charge on any atom is -0.504 e. The van der Waals surface area contributed by atoms with E-state index in [-0.39, 0.29) is 40.8 Å². The van der Waals surface area contributed by atoms with Crippen LogP contribution in [0.4, 0.5) is 0 Å². The van der Waals surface area contributed by atoms with Crippen LogP contribution in [0.1, 0.15) is 60.9 Å². The first-order valence-electron chi connectivity index (χ1n) is 8.33. The molecule has 0 bridgehead atoms. The molecular weight excluding hydrogens is 296 g/mol. The number of rotatable bonds is 0. The third kappa shape index (κ3) is 1.80. The van der Waals surface area contributed by atoms with Gasteiger partial charge < -0.3 is 20.4 Å². The molecule has 1 aromatic rings. The molecule has 5 heteroatoms. The number of aliphatic hydroxyl groups excluding tert-OH is 1. The zero-order chi connectivity index (χ0) is 16.5. The van der Waals surface area contributed by atoms with Crippen molar-refractivity contribution in [1.82, 2.24) is 0 Å². The smallest absolute Gasteiger partial charge is 0.200 e. The summed E-state index contributed by atoms with van der Waals surface area (Å²) in [4.78, 5) is 12.6. The molecule has 5 atom stereocenters. The number of fused-ring (bicyclic) bond motifs is 5. The Balaban J connectivity index is 1.84. The van der Waals surface area contributed by atoms with E-state index in [1.807, 2.05) is 0 Å². The second kappa shape index (κ2) is 4.63. The topological polar surface area (TPSA) is 98.0 Å². The second-order valence-electron chi connectivity index (χ2n) is 7.70. The maximum atomic E-state index is 12.6. The van der Waals surface area contributed by atoms with E-state index in [2.05, 4.69) is 6.92 Å². The highest BCUT2D eigenvalue weighted by atomic mass is 16.3. The molecule has 0 unspecified atom stereocenters. The molecule has 0 heterocycles. The van der Waals surface area contributed by atoms with E-state index < -0.39 is 11.5 Å². The fourth-order valence-corrected chi connectivity index (χ4v) is 5.49. The third-order valence-corrected chi connectivity index (χ3v) is 6.77. The van der Waals surface area contributed by atoms with E-state index in [0.29, 0.717) is 17.5 Å². The normalized spacial score (nSPS) is 38.8. The highest BCUT2D eigenvalue weighted by molar-refractivity contribution is 6.00. The minimum atomic E-state index is -0.544. The lowest BCUT2D eigenvalue weighted by Gasteiger charge is -2.49. The molecule has 3 aliphatic rings. The third-order valence-electron chi connectivity index (χ3n) is 6.77. The number of aromatic hydroxyl groups is 3. The highest BCUT2D eigenvalue weighted by Crippen LogP contribution is 2.62. The quantitative estimate of drug-likeness (QED) is 0.551. The van der Waals surface area contributed by atoms with Gasteiger partial charge in [0.15, 0.2) is 17.3 Å². The number of ketones is 1. The average molecular weight is 318 g/mol. The maximum Gasteiger partial charge on any atom is 0.200 e. The first kappa shape index (κ1) is 14.8. The largest absolute Gasteiger partial charge is 0.504 e. The summed E-state index contributed by atoms with van der Waals surface area (Å²) in [7, 11) is 0. The fraction of sp³-hybridized carbons (Fsp3) is 0.611. The molecule has 2 saturated carbocycles. The Bertz CT molecular complexity index is 697. The molecule has 3 aliphatic carbocycles. The molecule has 0 amide bonds. The van der Waals surface area contributed by atoms with Crippen LogP contribution in [0.5, 0.6) is 17.2 Å². The highest BCUT2D eigenvalue weighted by Gasteiger charge is 2.56. The van der Waals surface area contributed by atoms with Crippen molar-refractivity contribution in [2.75, 3.05) is 0 Å². The van der Waals surface area contributed by atoms with Gasteiger partial charge in [-0.1, -0.05) is 6.92 Å². The lowest BCUT2D eigenvalue weighted by Crippen LogP contribution is -2.44. The predicted molar refractivity (Wildman–Crippen MR) is 82.7 cm³/mol. The van der Waals surface area contributed by atoms with E-state index in [1.165, 1.54) is 6.07 Å². The van der Waals surface area contributed by atoms with Crippen LogP contribution in [0.2, 0.25) is 0 Å². The molecular formula is C18H22O5. The summed E-state index contributed by atoms with van der Waals surface area (Å²) in [6.45, 7) is 2.11. The van der Waals surface area contributed by atoms with Gasteiger partial charge in [-0.15, -0.1) is 0 Å². The van der Waals surface area contributed by atoms with Crippen molar-refractivity contribution < 1.29 is 25.2 Å². The zero-order valence-electron chi connectivity index (χ0n) is 13.1. The number of phenols is 3. The first-order valence-corrected chi connectivity index (χ1v) is 8.33. The number of carbonyl (C=O) groups excluding carboxylic acids is 1. The lowest BCUT2D eigenvalue weighted by molar-refractivity contribution is -0.0211. The van der Waals surface area contributed by atoms with Crippen molar-refractivity contribution in [3.63, 3.8) is 0 Å². The molecule has 2 fully saturated rings. The number of hydrogen-bond donors (Lipinski definition) is 4. The van der Waals surface area contributed by atoms with Crippen molar-refractivity contribution in [3.05, 3.63) is 17.2 Å². The number of Topliss-reactive ketones (excluding diaryl/α,β-unsaturated/α-hetero) is 1. The van der Waals surface area contributed by atoms with Crippen molar-refractivity contribution >= 4 is 5.78 Å². The van der Waals surface area contributed by atoms with Gasteiger partial charge in [-0.25, -0.2) is 0 Å². The number of hydrogen-bond acceptors (Lipinski definition) is 5. The fourth-order valence-electron chi connectivity index (χ4n) is 5.49. The van der Waals surface area contributed by atoms with Crippen LogP contribution in [0.15, 0.2) is 6.07 Å². The van der Waals surface area contributed by atoms with Gasteiger partial charge in [0.05, 0.1) is 6.10 Å². The van der Waals surface area contributed by atoms with Crippen LogP contribution in [-0.2, 0) is 0 Å². The molecule has 4 N–H and O–H groups in total. The molecule has 4 rings (SSSR count). The summed E-state index contributed by atoms with van der Waals surface area (Å²) in [5.74, 6) is -1.12. The number of carbonyl (C=O) groups is 1. The molecule has 23 heavy (non-hydrogen) atoms. The predicted octanol–water partition coefficient (Wildman–Crippen LogP) is 2.66. The van der Waals surface area contributed by atoms with Crippen molar-refractivity contribution in [2.45, 2.75) is 51.0 Å². The van der Waals surface area contributed by atoms with E-state index >= 15 is 0 Å². The Morgan fingerprint density at radius 3 is 2.61 bits per heavy atom. The maximum absolute atomic E-state index is 12.6. The molecule has 5 nitrogen and oxygen atoms in total. The summed E-state index contributed by atoms with van der Waals surface area (Å²) in [6.07, 6.45) is 3.33. The molecule has 124 valence electrons. The molecule has 0 aromatic heterocycles. The number of aliphatic hydroxyl groups is 1. The van der Waals surface area contributed by atoms with E-state index in [9.17, 15) is 25.2 Å². The van der Waals surface area contributed by atoms with Gasteiger partial charge >= 0.3 is 0 Å². The Hall–Kier alpha value is -1.75. The Morgan fingerprint density at radius 2 is 1.87 bits per heavy atom. The van der Waals surface area contributed by atoms with E-state index in [0.717, 1.165) is 25.7 Å². The van der Waals surface area contributed by atoms with Crippen molar-refractivity contribution in [2.24, 2.45) is 17.3 Å². The summed E-state index contributed by atoms with van der Waals surface area (Å²) in [5, 5.41) is 40.3. The summed E-state index contributed by atoms with van der Waals surface area (Å²) >= 11 is 0. The van der Waals surface area contributed by atoms with Crippen LogP contribution >= 0.6 is 0 Å². The van der Waals surface area contributed by atoms with Crippen molar-refractivity contribution in [1.29, 1.82) is 0 Å². The summed E-state index contributed by atoms with van der Waals surface area (Å²) < 4.78 is 0. The monoisotopic (exact) mass is 318 g/mol. The summed E-state index contributed by atoms with van der Waals surface area (Å²) in [5.41, 5.74) is 0.666. The van der Waals surface area contributed by atoms with Gasteiger partial charge in [0.2, 0.25) is 5.75 Å². The van der Waals surface area contributed by atoms with Crippen LogP contribution in [0.3, 0.4) is 0 Å². The second-order valence-corrected chi connectivity index (χ2v) is 7.70. The van der Waals surface area contributed by atoms with Gasteiger partial charge in [-0.2, -0.15) is 0 Å². The van der Waals surface area contributed by atoms with Crippen LogP contribution in [0, 0.1) is 17.3 Å². The molecule has 0 saturated heterocycles. The van der Waals surface area contributed by atoms with Gasteiger partial charge in [-0.05, 0) is 54.9 Å². The molecule has 0 aliphatic heterocycles. The van der Waals surface area contributed by atoms with Gasteiger partial charge in [0.1, 0.15) is 0 Å². The standard InChI is InChI=1S/C18H22O5/c1-18-5-4-8-9(11(18)2-3-14(18)21)6-12(19)10-7-13(20)16(22)17(23)15(8)10/h7-9,11,14,20-23H,2-6H2,1H3/t8-,9-,11-,14-,18-/m0/s1. The molecule has 1 aromatic carbocycles. The Kier molecular flexibility index (Phi) is 2.98. The lowest BCUT2D eigenvalue weighted by atomic mass is 9.55. The molecule has 0 spiro atoms. The van der Waals surface area contributed by atoms with Crippen LogP contribution < -0.4 is 0 Å². The number of benzene rings is 1. The SMILES string of the molecule is C[C@]12CC[C@@H]3c4c(cc(O)c(O)c4O)C(=O)C[C@@H]3[C@@H]1CC[C@@H]2O. The van der Waals surface area contributed by atoms with Crippen LogP contribution in [-0.4, -0.2) is 32.3 Å². The first-order chi connectivity index (χ1) is 10.8. The zero-order valence-corrected chi connectivity index (χ0v) is 13.1. The summed E-state index contributed by atoms with van der Waals surface area (Å²) in [6, 6.07) is 1.28. The van der Waals surface area contributed by atoms with Gasteiger partial charge in [0, 0.05) is 17.5 Å². The van der Waals surface area contributed by atoms with E-state index in [1.54, 1.807) is 0 Å². The Labute approximate surface area is 134 Å². The van der Waals surface area contributed by atoms with E-state index in [4.69, 9.17) is 0 Å². The average Bonchev–Trinajstić information content (AvgIpc) is 2.81. The van der Waals surface area contributed by atoms with Gasteiger partial charge in [0.25, 0.3) is 0 Å².